The van der Waals surface area contributed by atoms with Gasteiger partial charge in [0.25, 0.3) is 0 Å². The summed E-state index contributed by atoms with van der Waals surface area (Å²) < 4.78 is 0. The van der Waals surface area contributed by atoms with Gasteiger partial charge in [-0.1, -0.05) is 0 Å². The maximum Gasteiger partial charge on any atom is 0.0528 e. The monoisotopic (exact) mass is 116 g/mol. The van der Waals surface area contributed by atoms with Crippen LogP contribution in [0.15, 0.2) is 0 Å². The molecule has 0 fully saturated rings. The van der Waals surface area contributed by atoms with Gasteiger partial charge in [0.1, 0.15) is 0 Å². The highest BCUT2D eigenvalue weighted by Crippen LogP contribution is 1.77. The lowest BCUT2D eigenvalue weighted by atomic mass is 10.3. The van der Waals surface area contributed by atoms with Crippen LogP contribution in [-0.2, 0) is 0 Å². The van der Waals surface area contributed by atoms with Crippen molar-refractivity contribution in [1.29, 1.82) is 0 Å². The summed E-state index contributed by atoms with van der Waals surface area (Å²) in [5.74, 6) is 0. The van der Waals surface area contributed by atoms with Crippen LogP contribution >= 0.6 is 0 Å². The summed E-state index contributed by atoms with van der Waals surface area (Å²) in [5.41, 5.74) is 5.29. The Hall–Kier alpha value is -0.0800. The Morgan fingerprint density at radius 2 is 2.12 bits per heavy atom. The third kappa shape index (κ3) is 5.92. The molecule has 1 atom stereocenters. The minimum Gasteiger partial charge on any atom is -0.470 e. The first-order chi connectivity index (χ1) is 3.77. The summed E-state index contributed by atoms with van der Waals surface area (Å²) in [4.78, 5) is 1.26. The molecule has 0 bridgehead atoms. The molecule has 0 aliphatic rings. The van der Waals surface area contributed by atoms with Crippen LogP contribution in [0.2, 0.25) is 0 Å². The lowest BCUT2D eigenvalue weighted by molar-refractivity contribution is -0.831. The molecule has 0 aromatic rings. The van der Waals surface area contributed by atoms with Gasteiger partial charge in [0.15, 0.2) is 0 Å². The van der Waals surface area contributed by atoms with E-state index in [1.807, 2.05) is 0 Å². The lowest BCUT2D eigenvalue weighted by Gasteiger charge is -2.12. The Kier molecular flexibility index (Phi) is 5.01. The zero-order chi connectivity index (χ0) is 6.41. The summed E-state index contributed by atoms with van der Waals surface area (Å²) in [7, 11) is 5.84. The number of quaternary nitrogens is 1. The number of hydrogen-bond acceptors (Lipinski definition) is 1. The van der Waals surface area contributed by atoms with Crippen LogP contribution in [0.4, 0.5) is 0 Å². The van der Waals surface area contributed by atoms with E-state index in [-0.39, 0.29) is 0 Å². The SMILES string of the molecule is [CH2-][NH+](C)CCCCN. The van der Waals surface area contributed by atoms with Crippen LogP contribution < -0.4 is 10.6 Å². The first kappa shape index (κ1) is 7.92. The molecule has 0 aromatic heterocycles. The van der Waals surface area contributed by atoms with Gasteiger partial charge in [-0.2, -0.15) is 7.05 Å². The topological polar surface area (TPSA) is 30.5 Å². The molecule has 2 nitrogen and oxygen atoms in total. The Morgan fingerprint density at radius 1 is 1.50 bits per heavy atom. The van der Waals surface area contributed by atoms with Crippen molar-refractivity contribution in [1.82, 2.24) is 0 Å². The number of unbranched alkanes of at least 4 members (excludes halogenated alkanes) is 1. The molecule has 2 heteroatoms. The molecule has 0 aliphatic carbocycles. The minimum absolute atomic E-state index is 0.813. The minimum atomic E-state index is 0.813. The van der Waals surface area contributed by atoms with Crippen LogP contribution in [0.5, 0.6) is 0 Å². The summed E-state index contributed by atoms with van der Waals surface area (Å²) in [6, 6.07) is 0. The van der Waals surface area contributed by atoms with Crippen molar-refractivity contribution < 1.29 is 4.90 Å². The average molecular weight is 116 g/mol. The molecular formula is C6H16N2. The molecule has 0 spiro atoms. The van der Waals surface area contributed by atoms with Gasteiger partial charge in [-0.25, -0.2) is 0 Å². The fraction of sp³-hybridized carbons (Fsp3) is 0.833. The van der Waals surface area contributed by atoms with Crippen LogP contribution in [0, 0.1) is 7.05 Å². The molecule has 8 heavy (non-hydrogen) atoms. The Balaban J connectivity index is 2.72. The number of nitrogens with two attached hydrogens (primary N) is 1. The molecule has 0 aliphatic heterocycles. The second kappa shape index (κ2) is 5.06. The predicted molar refractivity (Wildman–Crippen MR) is 35.4 cm³/mol. The number of nitrogens with one attached hydrogen (secondary N) is 1. The summed E-state index contributed by atoms with van der Waals surface area (Å²) >= 11 is 0. The normalized spacial score (nSPS) is 13.9. The highest BCUT2D eigenvalue weighted by atomic mass is 15.0. The second-order valence-corrected chi connectivity index (χ2v) is 2.20. The van der Waals surface area contributed by atoms with E-state index in [1.165, 1.54) is 11.3 Å². The summed E-state index contributed by atoms with van der Waals surface area (Å²) in [6.45, 7) is 1.95. The standard InChI is InChI=1S/C6H16N2/c1-8(2)6-4-3-5-7/h8H,1,3-7H2,2H3. The van der Waals surface area contributed by atoms with Crippen molar-refractivity contribution in [2.75, 3.05) is 20.1 Å². The van der Waals surface area contributed by atoms with Gasteiger partial charge in [0.05, 0.1) is 6.54 Å². The maximum absolute atomic E-state index is 5.29. The van der Waals surface area contributed by atoms with E-state index in [2.05, 4.69) is 14.1 Å². The van der Waals surface area contributed by atoms with E-state index >= 15 is 0 Å². The van der Waals surface area contributed by atoms with E-state index in [4.69, 9.17) is 5.73 Å². The molecule has 3 N–H and O–H groups in total. The van der Waals surface area contributed by atoms with Gasteiger partial charge in [0.2, 0.25) is 0 Å². The van der Waals surface area contributed by atoms with Crippen molar-refractivity contribution in [3.63, 3.8) is 0 Å². The van der Waals surface area contributed by atoms with Gasteiger partial charge < -0.3 is 10.6 Å². The Morgan fingerprint density at radius 3 is 2.50 bits per heavy atom. The van der Waals surface area contributed by atoms with Crippen molar-refractivity contribution >= 4 is 0 Å². The van der Waals surface area contributed by atoms with Gasteiger partial charge in [-0.3, -0.25) is 0 Å². The zero-order valence-corrected chi connectivity index (χ0v) is 5.61. The van der Waals surface area contributed by atoms with E-state index in [1.54, 1.807) is 0 Å². The van der Waals surface area contributed by atoms with Crippen molar-refractivity contribution in [3.8, 4) is 0 Å². The lowest BCUT2D eigenvalue weighted by Crippen LogP contribution is -3.03. The van der Waals surface area contributed by atoms with Crippen LogP contribution in [-0.4, -0.2) is 20.1 Å². The number of rotatable bonds is 4. The molecule has 0 heterocycles. The first-order valence-corrected chi connectivity index (χ1v) is 3.12. The molecule has 1 unspecified atom stereocenters. The van der Waals surface area contributed by atoms with Crippen molar-refractivity contribution in [3.05, 3.63) is 7.05 Å². The summed E-state index contributed by atoms with van der Waals surface area (Å²) in [6.07, 6.45) is 2.33. The third-order valence-electron chi connectivity index (χ3n) is 1.06. The Bertz CT molecular complexity index is 43.8. The van der Waals surface area contributed by atoms with Gasteiger partial charge in [-0.05, 0) is 19.4 Å². The quantitative estimate of drug-likeness (QED) is 0.359. The zero-order valence-electron chi connectivity index (χ0n) is 5.61. The van der Waals surface area contributed by atoms with Crippen LogP contribution in [0.25, 0.3) is 0 Å². The highest BCUT2D eigenvalue weighted by molar-refractivity contribution is 4.36. The maximum atomic E-state index is 5.29. The highest BCUT2D eigenvalue weighted by Gasteiger charge is 1.85. The molecular weight excluding hydrogens is 100 g/mol. The molecule has 0 aromatic carbocycles. The van der Waals surface area contributed by atoms with Gasteiger partial charge >= 0.3 is 0 Å². The van der Waals surface area contributed by atoms with E-state index in [9.17, 15) is 0 Å². The Labute approximate surface area is 51.7 Å². The molecule has 0 saturated carbocycles. The predicted octanol–water partition coefficient (Wildman–Crippen LogP) is -0.968. The second-order valence-electron chi connectivity index (χ2n) is 2.20. The fourth-order valence-corrected chi connectivity index (χ4v) is 0.571. The molecule has 0 rings (SSSR count). The molecule has 0 saturated heterocycles. The van der Waals surface area contributed by atoms with Crippen LogP contribution in [0.3, 0.4) is 0 Å². The largest absolute Gasteiger partial charge is 0.470 e. The number of hydrogen-bond donors (Lipinski definition) is 2. The first-order valence-electron chi connectivity index (χ1n) is 3.12. The van der Waals surface area contributed by atoms with Gasteiger partial charge in [-0.15, -0.1) is 0 Å². The smallest absolute Gasteiger partial charge is 0.0528 e. The average Bonchev–Trinajstić information content (AvgIpc) is 1.66. The third-order valence-corrected chi connectivity index (χ3v) is 1.06. The van der Waals surface area contributed by atoms with E-state index < -0.39 is 0 Å². The van der Waals surface area contributed by atoms with E-state index in [0.717, 1.165) is 19.5 Å². The van der Waals surface area contributed by atoms with E-state index in [0.29, 0.717) is 0 Å². The van der Waals surface area contributed by atoms with Crippen molar-refractivity contribution in [2.45, 2.75) is 12.8 Å². The molecule has 0 amide bonds. The van der Waals surface area contributed by atoms with Gasteiger partial charge in [0, 0.05) is 7.05 Å². The fourth-order valence-electron chi connectivity index (χ4n) is 0.571. The molecule has 50 valence electrons. The van der Waals surface area contributed by atoms with Crippen molar-refractivity contribution in [2.24, 2.45) is 5.73 Å². The van der Waals surface area contributed by atoms with Crippen LogP contribution in [0.1, 0.15) is 12.8 Å². The summed E-state index contributed by atoms with van der Waals surface area (Å²) in [5, 5.41) is 0. The molecule has 0 radical (unpaired) electrons.